The van der Waals surface area contributed by atoms with Gasteiger partial charge in [0.1, 0.15) is 0 Å². The Balaban J connectivity index is 0.00000144. The molecule has 1 aliphatic heterocycles. The summed E-state index contributed by atoms with van der Waals surface area (Å²) in [6.45, 7) is 7.76. The molecule has 0 N–H and O–H groups in total. The van der Waals surface area contributed by atoms with Crippen molar-refractivity contribution in [2.45, 2.75) is 33.1 Å². The van der Waals surface area contributed by atoms with Crippen LogP contribution in [0.3, 0.4) is 0 Å². The van der Waals surface area contributed by atoms with Gasteiger partial charge in [-0.25, -0.2) is 4.39 Å². The molecule has 0 aromatic carbocycles. The second-order valence-electron chi connectivity index (χ2n) is 3.38. The van der Waals surface area contributed by atoms with Crippen LogP contribution in [-0.4, -0.2) is 42.4 Å². The van der Waals surface area contributed by atoms with E-state index in [9.17, 15) is 4.39 Å². The van der Waals surface area contributed by atoms with Gasteiger partial charge in [0.15, 0.2) is 0 Å². The molecular formula is C9H20BrFN2. The van der Waals surface area contributed by atoms with Gasteiger partial charge in [-0.3, -0.25) is 9.80 Å². The molecule has 0 radical (unpaired) electrons. The maximum atomic E-state index is 13.5. The first-order valence-corrected chi connectivity index (χ1v) is 4.91. The minimum atomic E-state index is -0.815. The van der Waals surface area contributed by atoms with Crippen molar-refractivity contribution < 1.29 is 4.39 Å². The fraction of sp³-hybridized carbons (Fsp3) is 1.00. The van der Waals surface area contributed by atoms with Gasteiger partial charge in [-0.05, 0) is 12.8 Å². The highest BCUT2D eigenvalue weighted by Crippen LogP contribution is 2.15. The average Bonchev–Trinajstić information content (AvgIpc) is 2.38. The van der Waals surface area contributed by atoms with Crippen LogP contribution in [0, 0.1) is 0 Å². The quantitative estimate of drug-likeness (QED) is 0.711. The zero-order chi connectivity index (χ0) is 8.97. The molecule has 1 fully saturated rings. The molecule has 4 heteroatoms. The summed E-state index contributed by atoms with van der Waals surface area (Å²) in [7, 11) is 0. The average molecular weight is 255 g/mol. The topological polar surface area (TPSA) is 6.48 Å². The molecule has 1 saturated heterocycles. The van der Waals surface area contributed by atoms with E-state index in [1.54, 1.807) is 0 Å². The minimum absolute atomic E-state index is 0. The summed E-state index contributed by atoms with van der Waals surface area (Å²) in [5.74, 6) is 0. The molecule has 0 bridgehead atoms. The summed E-state index contributed by atoms with van der Waals surface area (Å²) in [6.07, 6.45) is 1.27. The number of halogens is 2. The lowest BCUT2D eigenvalue weighted by Gasteiger charge is -2.22. The Bertz CT molecular complexity index is 121. The first-order valence-electron chi connectivity index (χ1n) is 4.91. The van der Waals surface area contributed by atoms with Gasteiger partial charge in [0.05, 0.1) is 0 Å². The Hall–Kier alpha value is 0.330. The van der Waals surface area contributed by atoms with E-state index in [1.165, 1.54) is 0 Å². The predicted molar refractivity (Wildman–Crippen MR) is 58.9 cm³/mol. The molecule has 80 valence electrons. The maximum Gasteiger partial charge on any atom is 0.210 e. The van der Waals surface area contributed by atoms with Crippen molar-refractivity contribution in [1.82, 2.24) is 9.80 Å². The van der Waals surface area contributed by atoms with Crippen molar-refractivity contribution in [2.24, 2.45) is 0 Å². The van der Waals surface area contributed by atoms with E-state index in [2.05, 4.69) is 13.8 Å². The van der Waals surface area contributed by atoms with Gasteiger partial charge < -0.3 is 0 Å². The van der Waals surface area contributed by atoms with E-state index in [1.807, 2.05) is 9.80 Å². The highest BCUT2D eigenvalue weighted by Gasteiger charge is 2.29. The molecule has 0 saturated carbocycles. The van der Waals surface area contributed by atoms with Crippen molar-refractivity contribution in [2.75, 3.05) is 26.2 Å². The predicted octanol–water partition coefficient (Wildman–Crippen LogP) is 2.25. The van der Waals surface area contributed by atoms with Gasteiger partial charge in [0, 0.05) is 26.2 Å². The Morgan fingerprint density at radius 2 is 1.46 bits per heavy atom. The first kappa shape index (κ1) is 13.3. The van der Waals surface area contributed by atoms with Crippen molar-refractivity contribution >= 4 is 17.0 Å². The lowest BCUT2D eigenvalue weighted by molar-refractivity contribution is 0.0175. The Morgan fingerprint density at radius 3 is 1.77 bits per heavy atom. The first-order chi connectivity index (χ1) is 5.79. The summed E-state index contributed by atoms with van der Waals surface area (Å²) < 4.78 is 13.5. The fourth-order valence-electron chi connectivity index (χ4n) is 1.71. The Kier molecular flexibility index (Phi) is 6.91. The molecule has 0 aromatic heterocycles. The zero-order valence-corrected chi connectivity index (χ0v) is 10.2. The SMILES string of the molecule is Br.CCCN1CCN(CCC)C1F. The number of hydrogen-bond acceptors (Lipinski definition) is 2. The highest BCUT2D eigenvalue weighted by atomic mass is 79.9. The summed E-state index contributed by atoms with van der Waals surface area (Å²) in [6, 6.07) is 0. The molecule has 1 heterocycles. The molecule has 0 aromatic rings. The second kappa shape index (κ2) is 6.74. The molecule has 0 atom stereocenters. The van der Waals surface area contributed by atoms with Crippen LogP contribution in [0.1, 0.15) is 26.7 Å². The third-order valence-corrected chi connectivity index (χ3v) is 2.30. The van der Waals surface area contributed by atoms with Crippen LogP contribution in [0.25, 0.3) is 0 Å². The van der Waals surface area contributed by atoms with Crippen LogP contribution >= 0.6 is 17.0 Å². The van der Waals surface area contributed by atoms with Gasteiger partial charge >= 0.3 is 0 Å². The summed E-state index contributed by atoms with van der Waals surface area (Å²) >= 11 is 0. The van der Waals surface area contributed by atoms with E-state index >= 15 is 0 Å². The normalized spacial score (nSPS) is 20.5. The number of alkyl halides is 1. The van der Waals surface area contributed by atoms with Crippen molar-refractivity contribution in [3.8, 4) is 0 Å². The summed E-state index contributed by atoms with van der Waals surface area (Å²) in [5, 5.41) is 0. The minimum Gasteiger partial charge on any atom is -0.260 e. The lowest BCUT2D eigenvalue weighted by atomic mass is 10.4. The molecule has 0 aliphatic carbocycles. The number of hydrogen-bond donors (Lipinski definition) is 0. The summed E-state index contributed by atoms with van der Waals surface area (Å²) in [4.78, 5) is 3.82. The Morgan fingerprint density at radius 1 is 1.08 bits per heavy atom. The standard InChI is InChI=1S/C9H19FN2.BrH/c1-3-5-11-7-8-12(6-4-2)9(11)10;/h9H,3-8H2,1-2H3;1H. The molecule has 2 nitrogen and oxygen atoms in total. The number of nitrogens with zero attached hydrogens (tertiary/aromatic N) is 2. The third-order valence-electron chi connectivity index (χ3n) is 2.30. The van der Waals surface area contributed by atoms with E-state index in [0.717, 1.165) is 39.0 Å². The van der Waals surface area contributed by atoms with Gasteiger partial charge in [0.2, 0.25) is 6.42 Å². The van der Waals surface area contributed by atoms with E-state index in [4.69, 9.17) is 0 Å². The summed E-state index contributed by atoms with van der Waals surface area (Å²) in [5.41, 5.74) is 0. The second-order valence-corrected chi connectivity index (χ2v) is 3.38. The molecule has 0 spiro atoms. The van der Waals surface area contributed by atoms with Gasteiger partial charge in [-0.1, -0.05) is 13.8 Å². The molecule has 0 amide bonds. The van der Waals surface area contributed by atoms with Gasteiger partial charge in [-0.15, -0.1) is 17.0 Å². The van der Waals surface area contributed by atoms with E-state index in [0.29, 0.717) is 0 Å². The molecule has 13 heavy (non-hydrogen) atoms. The molecule has 1 aliphatic rings. The molecule has 0 unspecified atom stereocenters. The van der Waals surface area contributed by atoms with E-state index in [-0.39, 0.29) is 17.0 Å². The number of rotatable bonds is 4. The molecule has 1 rings (SSSR count). The monoisotopic (exact) mass is 254 g/mol. The van der Waals surface area contributed by atoms with Crippen LogP contribution in [0.5, 0.6) is 0 Å². The molecular weight excluding hydrogens is 235 g/mol. The zero-order valence-electron chi connectivity index (χ0n) is 8.50. The van der Waals surface area contributed by atoms with Crippen LogP contribution < -0.4 is 0 Å². The van der Waals surface area contributed by atoms with Crippen LogP contribution in [-0.2, 0) is 0 Å². The van der Waals surface area contributed by atoms with Crippen LogP contribution in [0.4, 0.5) is 4.39 Å². The van der Waals surface area contributed by atoms with Crippen LogP contribution in [0.2, 0.25) is 0 Å². The van der Waals surface area contributed by atoms with Crippen molar-refractivity contribution in [1.29, 1.82) is 0 Å². The Labute approximate surface area is 90.9 Å². The van der Waals surface area contributed by atoms with Gasteiger partial charge in [0.25, 0.3) is 0 Å². The van der Waals surface area contributed by atoms with Gasteiger partial charge in [-0.2, -0.15) is 0 Å². The highest BCUT2D eigenvalue weighted by molar-refractivity contribution is 8.93. The maximum absolute atomic E-state index is 13.5. The lowest BCUT2D eigenvalue weighted by Crippen LogP contribution is -2.35. The third kappa shape index (κ3) is 3.52. The van der Waals surface area contributed by atoms with Crippen LogP contribution in [0.15, 0.2) is 0 Å². The fourth-order valence-corrected chi connectivity index (χ4v) is 1.71. The smallest absolute Gasteiger partial charge is 0.210 e. The van der Waals surface area contributed by atoms with Crippen molar-refractivity contribution in [3.63, 3.8) is 0 Å². The largest absolute Gasteiger partial charge is 0.260 e. The van der Waals surface area contributed by atoms with Crippen molar-refractivity contribution in [3.05, 3.63) is 0 Å². The van der Waals surface area contributed by atoms with E-state index < -0.39 is 6.42 Å².